The summed E-state index contributed by atoms with van der Waals surface area (Å²) < 4.78 is 10.3. The first kappa shape index (κ1) is 21.6. The molecule has 4 rings (SSSR count). The Morgan fingerprint density at radius 3 is 2.41 bits per heavy atom. The van der Waals surface area contributed by atoms with E-state index in [0.717, 1.165) is 16.3 Å². The van der Waals surface area contributed by atoms with Gasteiger partial charge in [0.05, 0.1) is 18.7 Å². The quantitative estimate of drug-likeness (QED) is 0.261. The average molecular weight is 431 g/mol. The third-order valence-corrected chi connectivity index (χ3v) is 5.77. The van der Waals surface area contributed by atoms with Crippen LogP contribution >= 0.6 is 0 Å². The van der Waals surface area contributed by atoms with Gasteiger partial charge in [0.15, 0.2) is 0 Å². The normalized spacial score (nSPS) is 17.8. The predicted octanol–water partition coefficient (Wildman–Crippen LogP) is 4.31. The van der Waals surface area contributed by atoms with Crippen LogP contribution in [0.1, 0.15) is 23.6 Å². The van der Waals surface area contributed by atoms with Gasteiger partial charge in [-0.2, -0.15) is 0 Å². The molecule has 1 aliphatic rings. The number of hydrogen-bond donors (Lipinski definition) is 1. The summed E-state index contributed by atoms with van der Waals surface area (Å²) in [6, 6.07) is 19.7. The van der Waals surface area contributed by atoms with Crippen molar-refractivity contribution >= 4 is 28.2 Å². The number of nitrogens with zero attached hydrogens (tertiary/aromatic N) is 1. The molecule has 6 nitrogen and oxygen atoms in total. The Balaban J connectivity index is 1.89. The standard InChI is InChI=1S/C26H25NO5/c1-31-16-6-15-27-23(21-10-5-8-17-7-3-4-9-20(17)21)22(25(29)26(27)30)24(28)18-11-13-19(32-2)14-12-18/h3-5,7-14,23,28H,6,15-16H2,1-2H3/b24-22+/t23-/m0/s1. The van der Waals surface area contributed by atoms with Crippen molar-refractivity contribution < 1.29 is 24.2 Å². The van der Waals surface area contributed by atoms with Crippen molar-refractivity contribution in [2.75, 3.05) is 27.4 Å². The zero-order chi connectivity index (χ0) is 22.7. The molecule has 1 aliphatic heterocycles. The number of carbonyl (C=O) groups is 2. The molecule has 1 fully saturated rings. The maximum atomic E-state index is 13.1. The van der Waals surface area contributed by atoms with Gasteiger partial charge >= 0.3 is 0 Å². The number of aliphatic hydroxyl groups is 1. The van der Waals surface area contributed by atoms with Crippen LogP contribution in [-0.4, -0.2) is 49.1 Å². The van der Waals surface area contributed by atoms with Crippen LogP contribution in [0.3, 0.4) is 0 Å². The minimum absolute atomic E-state index is 0.0916. The highest BCUT2D eigenvalue weighted by atomic mass is 16.5. The Hall–Kier alpha value is -3.64. The highest BCUT2D eigenvalue weighted by Crippen LogP contribution is 2.42. The number of amides is 1. The van der Waals surface area contributed by atoms with Crippen LogP contribution in [0.2, 0.25) is 0 Å². The van der Waals surface area contributed by atoms with Crippen molar-refractivity contribution in [3.8, 4) is 5.75 Å². The molecule has 32 heavy (non-hydrogen) atoms. The summed E-state index contributed by atoms with van der Waals surface area (Å²) in [5.74, 6) is -0.867. The van der Waals surface area contributed by atoms with Gasteiger partial charge in [0, 0.05) is 25.8 Å². The Labute approximate surface area is 186 Å². The zero-order valence-electron chi connectivity index (χ0n) is 18.1. The lowest BCUT2D eigenvalue weighted by Gasteiger charge is -2.26. The Morgan fingerprint density at radius 1 is 0.969 bits per heavy atom. The zero-order valence-corrected chi connectivity index (χ0v) is 18.1. The molecule has 1 saturated heterocycles. The first-order chi connectivity index (χ1) is 15.6. The minimum atomic E-state index is -0.694. The Kier molecular flexibility index (Phi) is 6.23. The van der Waals surface area contributed by atoms with E-state index in [1.165, 1.54) is 4.90 Å². The molecule has 1 heterocycles. The van der Waals surface area contributed by atoms with E-state index in [-0.39, 0.29) is 11.3 Å². The maximum Gasteiger partial charge on any atom is 0.295 e. The molecule has 164 valence electrons. The lowest BCUT2D eigenvalue weighted by molar-refractivity contribution is -0.140. The summed E-state index contributed by atoms with van der Waals surface area (Å²) in [4.78, 5) is 27.7. The van der Waals surface area contributed by atoms with Crippen LogP contribution in [0.15, 0.2) is 72.3 Å². The number of ether oxygens (including phenoxy) is 2. The van der Waals surface area contributed by atoms with E-state index in [1.54, 1.807) is 38.5 Å². The van der Waals surface area contributed by atoms with Gasteiger partial charge in [-0.05, 0) is 47.0 Å². The Morgan fingerprint density at radius 2 is 1.69 bits per heavy atom. The number of benzene rings is 3. The molecule has 0 aromatic heterocycles. The van der Waals surface area contributed by atoms with Crippen molar-refractivity contribution in [1.82, 2.24) is 4.90 Å². The minimum Gasteiger partial charge on any atom is -0.507 e. The molecule has 0 spiro atoms. The molecule has 6 heteroatoms. The molecule has 3 aromatic carbocycles. The summed E-state index contributed by atoms with van der Waals surface area (Å²) in [7, 11) is 3.15. The number of likely N-dealkylation sites (tertiary alicyclic amines) is 1. The molecule has 0 unspecified atom stereocenters. The van der Waals surface area contributed by atoms with E-state index < -0.39 is 17.7 Å². The van der Waals surface area contributed by atoms with Crippen molar-refractivity contribution in [2.24, 2.45) is 0 Å². The van der Waals surface area contributed by atoms with Crippen molar-refractivity contribution in [3.63, 3.8) is 0 Å². The van der Waals surface area contributed by atoms with Crippen LogP contribution in [0.5, 0.6) is 5.75 Å². The van der Waals surface area contributed by atoms with Gasteiger partial charge < -0.3 is 19.5 Å². The van der Waals surface area contributed by atoms with E-state index in [4.69, 9.17) is 9.47 Å². The van der Waals surface area contributed by atoms with E-state index in [9.17, 15) is 14.7 Å². The fourth-order valence-electron chi connectivity index (χ4n) is 4.21. The second kappa shape index (κ2) is 9.24. The second-order valence-corrected chi connectivity index (χ2v) is 7.64. The maximum absolute atomic E-state index is 13.1. The molecule has 1 amide bonds. The summed E-state index contributed by atoms with van der Waals surface area (Å²) in [6.07, 6.45) is 0.577. The number of aliphatic hydroxyl groups excluding tert-OH is 1. The van der Waals surface area contributed by atoms with Crippen LogP contribution in [0, 0.1) is 0 Å². The highest BCUT2D eigenvalue weighted by molar-refractivity contribution is 6.46. The molecule has 1 N–H and O–H groups in total. The van der Waals surface area contributed by atoms with Crippen molar-refractivity contribution in [1.29, 1.82) is 0 Å². The SMILES string of the molecule is COCCCN1C(=O)C(=O)/C(=C(/O)c2ccc(OC)cc2)[C@@H]1c1cccc2ccccc12. The van der Waals surface area contributed by atoms with Gasteiger partial charge in [0.1, 0.15) is 11.5 Å². The lowest BCUT2D eigenvalue weighted by Crippen LogP contribution is -2.31. The summed E-state index contributed by atoms with van der Waals surface area (Å²) >= 11 is 0. The number of Topliss-reactive ketones (excluding diaryl/α,β-unsaturated/α-hetero) is 1. The van der Waals surface area contributed by atoms with Crippen LogP contribution < -0.4 is 4.74 Å². The summed E-state index contributed by atoms with van der Waals surface area (Å²) in [5.41, 5.74) is 1.34. The summed E-state index contributed by atoms with van der Waals surface area (Å²) in [6.45, 7) is 0.801. The molecule has 1 atom stereocenters. The highest BCUT2D eigenvalue weighted by Gasteiger charge is 2.46. The van der Waals surface area contributed by atoms with E-state index in [2.05, 4.69) is 0 Å². The van der Waals surface area contributed by atoms with Crippen molar-refractivity contribution in [2.45, 2.75) is 12.5 Å². The number of rotatable bonds is 7. The van der Waals surface area contributed by atoms with Gasteiger partial charge in [0.25, 0.3) is 11.7 Å². The lowest BCUT2D eigenvalue weighted by atomic mass is 9.91. The van der Waals surface area contributed by atoms with Crippen molar-refractivity contribution in [3.05, 3.63) is 83.4 Å². The first-order valence-corrected chi connectivity index (χ1v) is 10.5. The number of methoxy groups -OCH3 is 2. The number of fused-ring (bicyclic) bond motifs is 1. The van der Waals surface area contributed by atoms with Crippen LogP contribution in [0.25, 0.3) is 16.5 Å². The largest absolute Gasteiger partial charge is 0.507 e. The van der Waals surface area contributed by atoms with Gasteiger partial charge in [-0.15, -0.1) is 0 Å². The van der Waals surface area contributed by atoms with Gasteiger partial charge in [0.2, 0.25) is 0 Å². The molecule has 0 radical (unpaired) electrons. The topological polar surface area (TPSA) is 76.1 Å². The smallest absolute Gasteiger partial charge is 0.295 e. The summed E-state index contributed by atoms with van der Waals surface area (Å²) in [5, 5.41) is 13.1. The molecule has 0 bridgehead atoms. The molecule has 3 aromatic rings. The fourth-order valence-corrected chi connectivity index (χ4v) is 4.21. The third kappa shape index (κ3) is 3.85. The van der Waals surface area contributed by atoms with E-state index >= 15 is 0 Å². The molecular weight excluding hydrogens is 406 g/mol. The second-order valence-electron chi connectivity index (χ2n) is 7.64. The van der Waals surface area contributed by atoms with Gasteiger partial charge in [-0.25, -0.2) is 0 Å². The van der Waals surface area contributed by atoms with E-state index in [0.29, 0.717) is 30.9 Å². The van der Waals surface area contributed by atoms with Gasteiger partial charge in [-0.1, -0.05) is 42.5 Å². The van der Waals surface area contributed by atoms with Crippen LogP contribution in [-0.2, 0) is 14.3 Å². The average Bonchev–Trinajstić information content (AvgIpc) is 3.08. The van der Waals surface area contributed by atoms with Gasteiger partial charge in [-0.3, -0.25) is 9.59 Å². The first-order valence-electron chi connectivity index (χ1n) is 10.5. The fraction of sp³-hybridized carbons (Fsp3) is 0.231. The molecule has 0 saturated carbocycles. The number of hydrogen-bond acceptors (Lipinski definition) is 5. The number of carbonyl (C=O) groups excluding carboxylic acids is 2. The monoisotopic (exact) mass is 431 g/mol. The predicted molar refractivity (Wildman–Crippen MR) is 122 cm³/mol. The molecule has 0 aliphatic carbocycles. The number of ketones is 1. The Bertz CT molecular complexity index is 1180. The third-order valence-electron chi connectivity index (χ3n) is 5.77. The molecular formula is C26H25NO5. The van der Waals surface area contributed by atoms with Crippen LogP contribution in [0.4, 0.5) is 0 Å². The van der Waals surface area contributed by atoms with E-state index in [1.807, 2.05) is 42.5 Å².